The van der Waals surface area contributed by atoms with Crippen LogP contribution in [0.3, 0.4) is 0 Å². The molecule has 1 aliphatic rings. The lowest BCUT2D eigenvalue weighted by atomic mass is 9.99. The average molecular weight is 325 g/mol. The number of rotatable bonds is 5. The Morgan fingerprint density at radius 1 is 1.52 bits per heavy atom. The molecule has 21 heavy (non-hydrogen) atoms. The first-order valence-corrected chi connectivity index (χ1v) is 8.65. The van der Waals surface area contributed by atoms with Crippen molar-refractivity contribution in [1.82, 2.24) is 15.2 Å². The number of nitrogens with zero attached hydrogens (tertiary/aromatic N) is 2. The lowest BCUT2D eigenvalue weighted by Crippen LogP contribution is -2.32. The van der Waals surface area contributed by atoms with E-state index in [4.69, 9.17) is 12.2 Å². The van der Waals surface area contributed by atoms with E-state index in [1.54, 1.807) is 17.4 Å². The van der Waals surface area contributed by atoms with Gasteiger partial charge in [0, 0.05) is 18.0 Å². The van der Waals surface area contributed by atoms with Gasteiger partial charge >= 0.3 is 0 Å². The molecule has 6 heteroatoms. The molecule has 0 spiro atoms. The Balaban J connectivity index is 1.89. The molecule has 116 valence electrons. The number of anilines is 1. The van der Waals surface area contributed by atoms with Crippen molar-refractivity contribution in [1.29, 1.82) is 0 Å². The molecule has 1 aliphatic heterocycles. The van der Waals surface area contributed by atoms with Crippen LogP contribution in [-0.4, -0.2) is 34.6 Å². The number of hydrogen-bond donors (Lipinski definition) is 2. The Bertz CT molecular complexity index is 490. The van der Waals surface area contributed by atoms with Crippen molar-refractivity contribution >= 4 is 33.8 Å². The Labute approximate surface area is 136 Å². The summed E-state index contributed by atoms with van der Waals surface area (Å²) in [6.45, 7) is 12.1. The van der Waals surface area contributed by atoms with Crippen LogP contribution in [0.4, 0.5) is 5.13 Å². The lowest BCUT2D eigenvalue weighted by Gasteiger charge is -2.29. The fourth-order valence-corrected chi connectivity index (χ4v) is 3.61. The van der Waals surface area contributed by atoms with Crippen LogP contribution in [0.1, 0.15) is 30.3 Å². The minimum atomic E-state index is 0.599. The van der Waals surface area contributed by atoms with Crippen LogP contribution in [0, 0.1) is 12.8 Å². The van der Waals surface area contributed by atoms with Crippen molar-refractivity contribution in [2.45, 2.75) is 33.2 Å². The molecule has 4 nitrogen and oxygen atoms in total. The highest BCUT2D eigenvalue weighted by Gasteiger charge is 2.18. The van der Waals surface area contributed by atoms with Gasteiger partial charge in [-0.1, -0.05) is 13.0 Å². The number of aromatic nitrogens is 1. The number of aryl methyl sites for hydroxylation is 1. The van der Waals surface area contributed by atoms with Crippen molar-refractivity contribution in [2.75, 3.05) is 25.0 Å². The van der Waals surface area contributed by atoms with Crippen LogP contribution in [0.5, 0.6) is 0 Å². The van der Waals surface area contributed by atoms with Crippen molar-refractivity contribution < 1.29 is 0 Å². The van der Waals surface area contributed by atoms with Crippen molar-refractivity contribution in [3.63, 3.8) is 0 Å². The van der Waals surface area contributed by atoms with Gasteiger partial charge in [-0.2, -0.15) is 0 Å². The van der Waals surface area contributed by atoms with E-state index in [0.717, 1.165) is 23.3 Å². The largest absolute Gasteiger partial charge is 0.359 e. The van der Waals surface area contributed by atoms with E-state index in [-0.39, 0.29) is 0 Å². The second-order valence-electron chi connectivity index (χ2n) is 5.61. The first-order valence-electron chi connectivity index (χ1n) is 7.43. The Morgan fingerprint density at radius 2 is 2.24 bits per heavy atom. The lowest BCUT2D eigenvalue weighted by molar-refractivity contribution is 0.186. The number of hydrogen-bond acceptors (Lipinski definition) is 4. The summed E-state index contributed by atoms with van der Waals surface area (Å²) < 4.78 is 0. The predicted octanol–water partition coefficient (Wildman–Crippen LogP) is 3.16. The molecule has 2 rings (SSSR count). The molecular formula is C15H24N4S2. The number of nitrogens with one attached hydrogen (secondary N) is 2. The highest BCUT2D eigenvalue weighted by molar-refractivity contribution is 7.80. The third-order valence-corrected chi connectivity index (χ3v) is 5.07. The molecule has 1 saturated heterocycles. The zero-order chi connectivity index (χ0) is 15.2. The first kappa shape index (κ1) is 16.4. The summed E-state index contributed by atoms with van der Waals surface area (Å²) in [6, 6.07) is 0. The number of likely N-dealkylation sites (tertiary alicyclic amines) is 1. The smallest absolute Gasteiger partial charge is 0.189 e. The quantitative estimate of drug-likeness (QED) is 0.643. The third kappa shape index (κ3) is 5.05. The maximum absolute atomic E-state index is 5.21. The van der Waals surface area contributed by atoms with E-state index in [1.807, 2.05) is 0 Å². The molecule has 0 bridgehead atoms. The minimum absolute atomic E-state index is 0.599. The van der Waals surface area contributed by atoms with Crippen LogP contribution >= 0.6 is 23.6 Å². The average Bonchev–Trinajstić information content (AvgIpc) is 2.79. The molecule has 0 amide bonds. The second-order valence-corrected chi connectivity index (χ2v) is 7.10. The van der Waals surface area contributed by atoms with Crippen LogP contribution in [0.15, 0.2) is 12.7 Å². The Morgan fingerprint density at radius 3 is 2.90 bits per heavy atom. The molecule has 0 aromatic carbocycles. The van der Waals surface area contributed by atoms with Gasteiger partial charge in [-0.05, 0) is 51.0 Å². The zero-order valence-corrected chi connectivity index (χ0v) is 14.4. The van der Waals surface area contributed by atoms with Gasteiger partial charge in [-0.15, -0.1) is 17.9 Å². The highest BCUT2D eigenvalue weighted by Crippen LogP contribution is 2.26. The fourth-order valence-electron chi connectivity index (χ4n) is 2.36. The van der Waals surface area contributed by atoms with E-state index in [1.165, 1.54) is 30.8 Å². The molecule has 1 aromatic heterocycles. The van der Waals surface area contributed by atoms with Crippen molar-refractivity contribution in [3.05, 3.63) is 23.2 Å². The third-order valence-electron chi connectivity index (χ3n) is 3.76. The van der Waals surface area contributed by atoms with Gasteiger partial charge in [-0.25, -0.2) is 4.98 Å². The summed E-state index contributed by atoms with van der Waals surface area (Å²) in [7, 11) is 0. The normalized spacial score (nSPS) is 16.7. The fraction of sp³-hybridized carbons (Fsp3) is 0.600. The Kier molecular flexibility index (Phi) is 6.14. The van der Waals surface area contributed by atoms with E-state index in [2.05, 4.69) is 40.9 Å². The number of piperidine rings is 1. The summed E-state index contributed by atoms with van der Waals surface area (Å²) in [5, 5.41) is 7.67. The second kappa shape index (κ2) is 7.87. The van der Waals surface area contributed by atoms with Gasteiger partial charge in [0.15, 0.2) is 10.2 Å². The van der Waals surface area contributed by atoms with E-state index in [0.29, 0.717) is 11.7 Å². The predicted molar refractivity (Wildman–Crippen MR) is 94.9 cm³/mol. The van der Waals surface area contributed by atoms with Gasteiger partial charge in [0.1, 0.15) is 0 Å². The van der Waals surface area contributed by atoms with E-state index in [9.17, 15) is 0 Å². The monoisotopic (exact) mass is 324 g/mol. The van der Waals surface area contributed by atoms with Gasteiger partial charge in [0.05, 0.1) is 5.69 Å². The van der Waals surface area contributed by atoms with Crippen LogP contribution in [-0.2, 0) is 6.54 Å². The molecule has 0 aliphatic carbocycles. The maximum Gasteiger partial charge on any atom is 0.189 e. The molecular weight excluding hydrogens is 300 g/mol. The summed E-state index contributed by atoms with van der Waals surface area (Å²) in [6.07, 6.45) is 4.39. The van der Waals surface area contributed by atoms with E-state index < -0.39 is 0 Å². The molecule has 1 aromatic rings. The first-order chi connectivity index (χ1) is 10.1. The van der Waals surface area contributed by atoms with Gasteiger partial charge in [-0.3, -0.25) is 4.90 Å². The molecule has 0 atom stereocenters. The SMILES string of the molecule is C=CCNC(=S)Nc1nc(C)c(CN2CCC(C)CC2)s1. The molecule has 1 fully saturated rings. The minimum Gasteiger partial charge on any atom is -0.359 e. The van der Waals surface area contributed by atoms with Crippen molar-refractivity contribution in [3.8, 4) is 0 Å². The van der Waals surface area contributed by atoms with Crippen LogP contribution < -0.4 is 10.6 Å². The van der Waals surface area contributed by atoms with Crippen LogP contribution in [0.25, 0.3) is 0 Å². The molecule has 0 saturated carbocycles. The molecule has 0 radical (unpaired) electrons. The molecule has 2 heterocycles. The van der Waals surface area contributed by atoms with Gasteiger partial charge in [0.25, 0.3) is 0 Å². The summed E-state index contributed by atoms with van der Waals surface area (Å²) in [5.74, 6) is 0.870. The van der Waals surface area contributed by atoms with Crippen LogP contribution in [0.2, 0.25) is 0 Å². The standard InChI is InChI=1S/C15H24N4S2/c1-4-7-16-14(20)18-15-17-12(3)13(21-15)10-19-8-5-11(2)6-9-19/h4,11H,1,5-10H2,2-3H3,(H2,16,17,18,20). The summed E-state index contributed by atoms with van der Waals surface area (Å²) in [4.78, 5) is 8.42. The topological polar surface area (TPSA) is 40.2 Å². The molecule has 0 unspecified atom stereocenters. The maximum atomic E-state index is 5.21. The van der Waals surface area contributed by atoms with Gasteiger partial charge in [0.2, 0.25) is 0 Å². The highest BCUT2D eigenvalue weighted by atomic mass is 32.1. The van der Waals surface area contributed by atoms with Gasteiger partial charge < -0.3 is 10.6 Å². The number of thiazole rings is 1. The zero-order valence-electron chi connectivity index (χ0n) is 12.8. The summed E-state index contributed by atoms with van der Waals surface area (Å²) >= 11 is 6.91. The summed E-state index contributed by atoms with van der Waals surface area (Å²) in [5.41, 5.74) is 1.10. The Hall–Kier alpha value is -0.980. The van der Waals surface area contributed by atoms with Crippen molar-refractivity contribution in [2.24, 2.45) is 5.92 Å². The molecule has 2 N–H and O–H groups in total. The van der Waals surface area contributed by atoms with E-state index >= 15 is 0 Å². The number of thiocarbonyl (C=S) groups is 1.